The monoisotopic (exact) mass is 204 g/mol. The molecule has 0 amide bonds. The Hall–Kier alpha value is -1.57. The molecule has 80 valence electrons. The van der Waals surface area contributed by atoms with Crippen LogP contribution in [0.15, 0.2) is 30.4 Å². The maximum atomic E-state index is 11.1. The quantitative estimate of drug-likeness (QED) is 0.559. The van der Waals surface area contributed by atoms with Gasteiger partial charge in [-0.25, -0.2) is 4.79 Å². The number of aryl methyl sites for hydroxylation is 2. The highest BCUT2D eigenvalue weighted by molar-refractivity contribution is 5.86. The molecule has 0 N–H and O–H groups in total. The molecule has 0 saturated heterocycles. The molecule has 0 aromatic heterocycles. The molecule has 0 atom stereocenters. The van der Waals surface area contributed by atoms with Gasteiger partial charge in [0.2, 0.25) is 0 Å². The minimum absolute atomic E-state index is 0.312. The van der Waals surface area contributed by atoms with Crippen molar-refractivity contribution in [3.05, 3.63) is 47.0 Å². The molecule has 0 fully saturated rings. The summed E-state index contributed by atoms with van der Waals surface area (Å²) in [6.45, 7) is 9.57. The number of hydrogen-bond acceptors (Lipinski definition) is 2. The molecule has 0 aliphatic heterocycles. The molecule has 0 heterocycles. The second-order valence-electron chi connectivity index (χ2n) is 3.78. The van der Waals surface area contributed by atoms with Gasteiger partial charge in [0.1, 0.15) is 6.61 Å². The van der Waals surface area contributed by atoms with Crippen LogP contribution in [0, 0.1) is 13.8 Å². The zero-order valence-corrected chi connectivity index (χ0v) is 9.46. The number of carbonyl (C=O) groups excluding carboxylic acids is 1. The summed E-state index contributed by atoms with van der Waals surface area (Å²) in [5, 5.41) is 0. The SMILES string of the molecule is C=C(C)C(=O)OCc1ccc(C)c(C)c1. The molecule has 0 spiro atoms. The zero-order valence-electron chi connectivity index (χ0n) is 9.46. The van der Waals surface area contributed by atoms with Crippen LogP contribution in [0.4, 0.5) is 0 Å². The molecule has 0 aliphatic rings. The fourth-order valence-corrected chi connectivity index (χ4v) is 1.17. The van der Waals surface area contributed by atoms with Crippen molar-refractivity contribution in [1.82, 2.24) is 0 Å². The molecule has 0 radical (unpaired) electrons. The van der Waals surface area contributed by atoms with E-state index in [2.05, 4.69) is 13.5 Å². The molecule has 0 unspecified atom stereocenters. The molecular formula is C13H16O2. The lowest BCUT2D eigenvalue weighted by atomic mass is 10.1. The van der Waals surface area contributed by atoms with E-state index in [4.69, 9.17) is 4.74 Å². The summed E-state index contributed by atoms with van der Waals surface area (Å²) in [5.41, 5.74) is 3.88. The molecular weight excluding hydrogens is 188 g/mol. The summed E-state index contributed by atoms with van der Waals surface area (Å²) in [6, 6.07) is 6.02. The standard InChI is InChI=1S/C13H16O2/c1-9(2)13(14)15-8-12-6-5-10(3)11(4)7-12/h5-7H,1,8H2,2-4H3. The summed E-state index contributed by atoms with van der Waals surface area (Å²) in [6.07, 6.45) is 0. The van der Waals surface area contributed by atoms with E-state index in [1.165, 1.54) is 11.1 Å². The van der Waals surface area contributed by atoms with E-state index in [0.29, 0.717) is 12.2 Å². The van der Waals surface area contributed by atoms with Gasteiger partial charge in [-0.2, -0.15) is 0 Å². The number of ether oxygens (including phenoxy) is 1. The van der Waals surface area contributed by atoms with E-state index in [0.717, 1.165) is 5.56 Å². The molecule has 0 aliphatic carbocycles. The molecule has 2 nitrogen and oxygen atoms in total. The second-order valence-corrected chi connectivity index (χ2v) is 3.78. The predicted molar refractivity (Wildman–Crippen MR) is 60.5 cm³/mol. The van der Waals surface area contributed by atoms with Crippen LogP contribution in [0.5, 0.6) is 0 Å². The van der Waals surface area contributed by atoms with Gasteiger partial charge >= 0.3 is 5.97 Å². The smallest absolute Gasteiger partial charge is 0.333 e. The molecule has 0 saturated carbocycles. The Labute approximate surface area is 90.6 Å². The number of carbonyl (C=O) groups is 1. The van der Waals surface area contributed by atoms with Gasteiger partial charge < -0.3 is 4.74 Å². The van der Waals surface area contributed by atoms with Crippen molar-refractivity contribution in [2.45, 2.75) is 27.4 Å². The average Bonchev–Trinajstić information content (AvgIpc) is 2.19. The van der Waals surface area contributed by atoms with Gasteiger partial charge in [0.15, 0.2) is 0 Å². The zero-order chi connectivity index (χ0) is 11.4. The number of hydrogen-bond donors (Lipinski definition) is 0. The van der Waals surface area contributed by atoms with Crippen molar-refractivity contribution in [1.29, 1.82) is 0 Å². The predicted octanol–water partition coefficient (Wildman–Crippen LogP) is 2.92. The van der Waals surface area contributed by atoms with Crippen LogP contribution in [0.25, 0.3) is 0 Å². The van der Waals surface area contributed by atoms with E-state index >= 15 is 0 Å². The summed E-state index contributed by atoms with van der Waals surface area (Å²) in [5.74, 6) is -0.340. The van der Waals surface area contributed by atoms with Crippen LogP contribution in [0.1, 0.15) is 23.6 Å². The lowest BCUT2D eigenvalue weighted by molar-refractivity contribution is -0.140. The van der Waals surface area contributed by atoms with Gasteiger partial charge in [-0.3, -0.25) is 0 Å². The Bertz CT molecular complexity index is 392. The highest BCUT2D eigenvalue weighted by Gasteiger charge is 2.03. The summed E-state index contributed by atoms with van der Waals surface area (Å²) < 4.78 is 5.05. The van der Waals surface area contributed by atoms with Crippen molar-refractivity contribution >= 4 is 5.97 Å². The van der Waals surface area contributed by atoms with Gasteiger partial charge in [-0.15, -0.1) is 0 Å². The van der Waals surface area contributed by atoms with Gasteiger partial charge in [0.25, 0.3) is 0 Å². The first-order chi connectivity index (χ1) is 7.00. The summed E-state index contributed by atoms with van der Waals surface area (Å²) in [4.78, 5) is 11.1. The largest absolute Gasteiger partial charge is 0.457 e. The van der Waals surface area contributed by atoms with Crippen LogP contribution in [0.2, 0.25) is 0 Å². The van der Waals surface area contributed by atoms with Crippen molar-refractivity contribution < 1.29 is 9.53 Å². The molecule has 2 heteroatoms. The van der Waals surface area contributed by atoms with Crippen molar-refractivity contribution in [3.63, 3.8) is 0 Å². The summed E-state index contributed by atoms with van der Waals surface area (Å²) >= 11 is 0. The third-order valence-corrected chi connectivity index (χ3v) is 2.29. The van der Waals surface area contributed by atoms with Crippen LogP contribution in [-0.2, 0) is 16.1 Å². The first kappa shape index (κ1) is 11.5. The van der Waals surface area contributed by atoms with Crippen LogP contribution >= 0.6 is 0 Å². The van der Waals surface area contributed by atoms with Gasteiger partial charge in [-0.05, 0) is 37.5 Å². The maximum Gasteiger partial charge on any atom is 0.333 e. The van der Waals surface area contributed by atoms with Crippen LogP contribution < -0.4 is 0 Å². The second kappa shape index (κ2) is 4.78. The fraction of sp³-hybridized carbons (Fsp3) is 0.308. The lowest BCUT2D eigenvalue weighted by Crippen LogP contribution is -2.05. The third kappa shape index (κ3) is 3.24. The molecule has 1 rings (SSSR count). The molecule has 0 bridgehead atoms. The Balaban J connectivity index is 2.62. The Kier molecular flexibility index (Phi) is 3.67. The third-order valence-electron chi connectivity index (χ3n) is 2.29. The highest BCUT2D eigenvalue weighted by atomic mass is 16.5. The fourth-order valence-electron chi connectivity index (χ4n) is 1.17. The molecule has 1 aromatic carbocycles. The number of benzene rings is 1. The number of esters is 1. The molecule has 1 aromatic rings. The minimum Gasteiger partial charge on any atom is -0.457 e. The maximum absolute atomic E-state index is 11.1. The van der Waals surface area contributed by atoms with Crippen molar-refractivity contribution in [2.24, 2.45) is 0 Å². The van der Waals surface area contributed by atoms with E-state index in [9.17, 15) is 4.79 Å². The average molecular weight is 204 g/mol. The summed E-state index contributed by atoms with van der Waals surface area (Å²) in [7, 11) is 0. The first-order valence-corrected chi connectivity index (χ1v) is 4.89. The van der Waals surface area contributed by atoms with E-state index in [1.54, 1.807) is 6.92 Å². The number of rotatable bonds is 3. The topological polar surface area (TPSA) is 26.3 Å². The Morgan fingerprint density at radius 3 is 2.53 bits per heavy atom. The van der Waals surface area contributed by atoms with Crippen molar-refractivity contribution in [3.8, 4) is 0 Å². The van der Waals surface area contributed by atoms with E-state index < -0.39 is 0 Å². The van der Waals surface area contributed by atoms with Gasteiger partial charge in [-0.1, -0.05) is 24.8 Å². The Morgan fingerprint density at radius 1 is 1.33 bits per heavy atom. The van der Waals surface area contributed by atoms with Gasteiger partial charge in [0, 0.05) is 5.57 Å². The highest BCUT2D eigenvalue weighted by Crippen LogP contribution is 2.11. The van der Waals surface area contributed by atoms with E-state index in [-0.39, 0.29) is 5.97 Å². The first-order valence-electron chi connectivity index (χ1n) is 4.89. The molecule has 15 heavy (non-hydrogen) atoms. The normalized spacial score (nSPS) is 9.80. The van der Waals surface area contributed by atoms with Crippen LogP contribution in [-0.4, -0.2) is 5.97 Å². The lowest BCUT2D eigenvalue weighted by Gasteiger charge is -2.06. The van der Waals surface area contributed by atoms with Crippen molar-refractivity contribution in [2.75, 3.05) is 0 Å². The Morgan fingerprint density at radius 2 is 2.00 bits per heavy atom. The van der Waals surface area contributed by atoms with Gasteiger partial charge in [0.05, 0.1) is 0 Å². The van der Waals surface area contributed by atoms with E-state index in [1.807, 2.05) is 25.1 Å². The van der Waals surface area contributed by atoms with Crippen LogP contribution in [0.3, 0.4) is 0 Å². The minimum atomic E-state index is -0.340.